The molecule has 1 aromatic carbocycles. The lowest BCUT2D eigenvalue weighted by molar-refractivity contribution is 0.462. The van der Waals surface area contributed by atoms with E-state index in [1.165, 1.54) is 5.69 Å². The number of halogens is 2. The molecule has 144 valence electrons. The Kier molecular flexibility index (Phi) is 8.91. The predicted molar refractivity (Wildman–Crippen MR) is 118 cm³/mol. The molecule has 0 unspecified atom stereocenters. The molecule has 1 N–H and O–H groups in total. The van der Waals surface area contributed by atoms with Gasteiger partial charge in [-0.1, -0.05) is 6.07 Å². The van der Waals surface area contributed by atoms with Gasteiger partial charge in [0.05, 0.1) is 18.8 Å². The fourth-order valence-corrected chi connectivity index (χ4v) is 2.63. The third-order valence-electron chi connectivity index (χ3n) is 4.05. The highest BCUT2D eigenvalue weighted by Crippen LogP contribution is 2.18. The van der Waals surface area contributed by atoms with Crippen LogP contribution >= 0.6 is 24.0 Å². The van der Waals surface area contributed by atoms with Gasteiger partial charge in [0.1, 0.15) is 5.82 Å². The quantitative estimate of drug-likeness (QED) is 0.397. The first-order chi connectivity index (χ1) is 11.9. The first-order valence-electron chi connectivity index (χ1n) is 8.47. The summed E-state index contributed by atoms with van der Waals surface area (Å²) in [4.78, 5) is 8.49. The van der Waals surface area contributed by atoms with Crippen molar-refractivity contribution in [2.45, 2.75) is 20.0 Å². The van der Waals surface area contributed by atoms with Gasteiger partial charge in [-0.05, 0) is 36.8 Å². The lowest BCUT2D eigenvalue weighted by Gasteiger charge is -2.22. The van der Waals surface area contributed by atoms with Gasteiger partial charge in [0.2, 0.25) is 0 Å². The smallest absolute Gasteiger partial charge is 0.194 e. The van der Waals surface area contributed by atoms with E-state index in [1.807, 2.05) is 53.4 Å². The van der Waals surface area contributed by atoms with E-state index in [1.54, 1.807) is 17.0 Å². The summed E-state index contributed by atoms with van der Waals surface area (Å²) in [6.45, 7) is 4.01. The molecular formula is C19H29FIN5. The van der Waals surface area contributed by atoms with Gasteiger partial charge in [-0.3, -0.25) is 0 Å². The summed E-state index contributed by atoms with van der Waals surface area (Å²) in [5.41, 5.74) is 2.64. The van der Waals surface area contributed by atoms with Crippen molar-refractivity contribution in [3.05, 3.63) is 53.6 Å². The minimum Gasteiger partial charge on any atom is -0.375 e. The fourth-order valence-electron chi connectivity index (χ4n) is 2.63. The topological polar surface area (TPSA) is 35.8 Å². The second-order valence-electron chi connectivity index (χ2n) is 6.32. The summed E-state index contributed by atoms with van der Waals surface area (Å²) in [7, 11) is 7.70. The Morgan fingerprint density at radius 1 is 1.23 bits per heavy atom. The molecule has 0 aliphatic carbocycles. The highest BCUT2D eigenvalue weighted by Gasteiger charge is 2.09. The molecule has 0 radical (unpaired) electrons. The van der Waals surface area contributed by atoms with Crippen molar-refractivity contribution in [3.63, 3.8) is 0 Å². The number of nitrogens with zero attached hydrogens (tertiary/aromatic N) is 4. The van der Waals surface area contributed by atoms with Crippen LogP contribution < -0.4 is 10.2 Å². The number of hydrogen-bond donors (Lipinski definition) is 1. The van der Waals surface area contributed by atoms with Crippen molar-refractivity contribution in [1.29, 1.82) is 0 Å². The third kappa shape index (κ3) is 5.89. The molecule has 0 saturated carbocycles. The van der Waals surface area contributed by atoms with E-state index in [9.17, 15) is 4.39 Å². The van der Waals surface area contributed by atoms with Gasteiger partial charge in [-0.25, -0.2) is 9.38 Å². The van der Waals surface area contributed by atoms with E-state index >= 15 is 0 Å². The molecule has 0 spiro atoms. The molecule has 1 aromatic heterocycles. The van der Waals surface area contributed by atoms with Crippen molar-refractivity contribution in [2.24, 2.45) is 12.0 Å². The van der Waals surface area contributed by atoms with Gasteiger partial charge >= 0.3 is 0 Å². The maximum Gasteiger partial charge on any atom is 0.194 e. The van der Waals surface area contributed by atoms with Crippen molar-refractivity contribution in [3.8, 4) is 0 Å². The number of aromatic nitrogens is 1. The summed E-state index contributed by atoms with van der Waals surface area (Å²) in [6, 6.07) is 9.39. The molecule has 26 heavy (non-hydrogen) atoms. The third-order valence-corrected chi connectivity index (χ3v) is 4.05. The minimum atomic E-state index is -0.222. The zero-order valence-electron chi connectivity index (χ0n) is 16.2. The van der Waals surface area contributed by atoms with Crippen LogP contribution in [-0.4, -0.2) is 43.1 Å². The summed E-state index contributed by atoms with van der Waals surface area (Å²) in [5, 5.41) is 3.29. The normalized spacial score (nSPS) is 11.1. The van der Waals surface area contributed by atoms with Crippen LogP contribution in [0.1, 0.15) is 18.2 Å². The lowest BCUT2D eigenvalue weighted by atomic mass is 10.2. The predicted octanol–water partition coefficient (Wildman–Crippen LogP) is 3.45. The second kappa shape index (κ2) is 10.4. The molecule has 2 rings (SSSR count). The van der Waals surface area contributed by atoms with E-state index in [0.717, 1.165) is 24.6 Å². The largest absolute Gasteiger partial charge is 0.375 e. The fraction of sp³-hybridized carbons (Fsp3) is 0.421. The number of benzene rings is 1. The van der Waals surface area contributed by atoms with Crippen LogP contribution in [0.15, 0.2) is 41.5 Å². The highest BCUT2D eigenvalue weighted by atomic mass is 127. The number of aryl methyl sites for hydroxylation is 1. The molecule has 0 saturated heterocycles. The van der Waals surface area contributed by atoms with Crippen LogP contribution in [0.3, 0.4) is 0 Å². The summed E-state index contributed by atoms with van der Waals surface area (Å²) in [6.07, 6.45) is 2.03. The Morgan fingerprint density at radius 2 is 1.96 bits per heavy atom. The Balaban J connectivity index is 0.00000338. The molecular weight excluding hydrogens is 444 g/mol. The summed E-state index contributed by atoms with van der Waals surface area (Å²) in [5.74, 6) is 0.584. The lowest BCUT2D eigenvalue weighted by Crippen LogP contribution is -2.38. The molecule has 0 fully saturated rings. The van der Waals surface area contributed by atoms with Gasteiger partial charge in [0.25, 0.3) is 0 Å². The van der Waals surface area contributed by atoms with Gasteiger partial charge < -0.3 is 19.7 Å². The molecule has 1 heterocycles. The number of guanidine groups is 1. The number of aliphatic imine (C=N–C) groups is 1. The van der Waals surface area contributed by atoms with E-state index in [4.69, 9.17) is 0 Å². The average Bonchev–Trinajstić information content (AvgIpc) is 2.96. The first-order valence-corrected chi connectivity index (χ1v) is 8.47. The highest BCUT2D eigenvalue weighted by molar-refractivity contribution is 14.0. The van der Waals surface area contributed by atoms with Crippen LogP contribution in [0.25, 0.3) is 0 Å². The first kappa shape index (κ1) is 22.3. The number of hydrogen-bond acceptors (Lipinski definition) is 2. The molecule has 0 aliphatic heterocycles. The molecule has 0 bridgehead atoms. The summed E-state index contributed by atoms with van der Waals surface area (Å²) >= 11 is 0. The molecule has 0 amide bonds. The zero-order valence-corrected chi connectivity index (χ0v) is 18.5. The van der Waals surface area contributed by atoms with Crippen LogP contribution in [-0.2, 0) is 20.1 Å². The maximum absolute atomic E-state index is 14.1. The monoisotopic (exact) mass is 473 g/mol. The van der Waals surface area contributed by atoms with Gasteiger partial charge in [0.15, 0.2) is 5.96 Å². The zero-order chi connectivity index (χ0) is 18.4. The molecule has 2 aromatic rings. The van der Waals surface area contributed by atoms with Crippen LogP contribution in [0.4, 0.5) is 10.1 Å². The summed E-state index contributed by atoms with van der Waals surface area (Å²) < 4.78 is 16.2. The Morgan fingerprint density at radius 3 is 2.50 bits per heavy atom. The number of nitrogens with one attached hydrogen (secondary N) is 1. The van der Waals surface area contributed by atoms with Crippen molar-refractivity contribution >= 4 is 35.6 Å². The maximum atomic E-state index is 14.1. The Bertz CT molecular complexity index is 726. The average molecular weight is 473 g/mol. The van der Waals surface area contributed by atoms with Gasteiger partial charge in [0, 0.05) is 46.6 Å². The molecule has 0 atom stereocenters. The molecule has 5 nitrogen and oxygen atoms in total. The van der Waals surface area contributed by atoms with E-state index in [0.29, 0.717) is 12.2 Å². The van der Waals surface area contributed by atoms with Crippen LogP contribution in [0.2, 0.25) is 0 Å². The van der Waals surface area contributed by atoms with Crippen molar-refractivity contribution in [1.82, 2.24) is 14.8 Å². The number of rotatable bonds is 6. The van der Waals surface area contributed by atoms with Crippen molar-refractivity contribution < 1.29 is 4.39 Å². The number of anilines is 1. The minimum absolute atomic E-state index is 0. The standard InChI is InChI=1S/C19H28FN5.HI/c1-6-21-19(25(5)14-16-8-7-11-24(16)4)22-13-15-9-10-18(23(2)3)17(20)12-15;/h7-12H,6,13-14H2,1-5H3,(H,21,22);1H. The van der Waals surface area contributed by atoms with Crippen LogP contribution in [0, 0.1) is 5.82 Å². The van der Waals surface area contributed by atoms with Gasteiger partial charge in [-0.15, -0.1) is 24.0 Å². The molecule has 7 heteroatoms. The van der Waals surface area contributed by atoms with E-state index < -0.39 is 0 Å². The van der Waals surface area contributed by atoms with E-state index in [2.05, 4.69) is 25.8 Å². The van der Waals surface area contributed by atoms with Gasteiger partial charge in [-0.2, -0.15) is 0 Å². The Hall–Kier alpha value is -1.77. The van der Waals surface area contributed by atoms with Crippen molar-refractivity contribution in [2.75, 3.05) is 32.6 Å². The second-order valence-corrected chi connectivity index (χ2v) is 6.32. The molecule has 0 aliphatic rings. The SMILES string of the molecule is CCNC(=NCc1ccc(N(C)C)c(F)c1)N(C)Cc1cccn1C.I. The Labute approximate surface area is 172 Å². The van der Waals surface area contributed by atoms with Crippen LogP contribution in [0.5, 0.6) is 0 Å². The van der Waals surface area contributed by atoms with E-state index in [-0.39, 0.29) is 29.8 Å².